The molecule has 86 valence electrons. The molecular weight excluding hydrogens is 220 g/mol. The Morgan fingerprint density at radius 1 is 1.00 bits per heavy atom. The van der Waals surface area contributed by atoms with Crippen molar-refractivity contribution in [2.45, 2.75) is 12.6 Å². The van der Waals surface area contributed by atoms with Gasteiger partial charge in [-0.15, -0.1) is 0 Å². The summed E-state index contributed by atoms with van der Waals surface area (Å²) in [6, 6.07) is 11.1. The van der Waals surface area contributed by atoms with E-state index in [9.17, 15) is 8.78 Å². The minimum absolute atomic E-state index is 0.174. The molecule has 0 fully saturated rings. The molecule has 17 heavy (non-hydrogen) atoms. The van der Waals surface area contributed by atoms with Gasteiger partial charge in [0.25, 0.3) is 0 Å². The van der Waals surface area contributed by atoms with Crippen LogP contribution in [0.4, 0.5) is 8.78 Å². The molecule has 3 rings (SSSR count). The van der Waals surface area contributed by atoms with Gasteiger partial charge in [-0.05, 0) is 29.3 Å². The summed E-state index contributed by atoms with van der Waals surface area (Å²) in [6.45, 7) is 0.575. The van der Waals surface area contributed by atoms with Gasteiger partial charge in [-0.25, -0.2) is 8.78 Å². The largest absolute Gasteiger partial charge is 0.302 e. The fourth-order valence-corrected chi connectivity index (χ4v) is 2.32. The first-order chi connectivity index (χ1) is 8.25. The van der Waals surface area contributed by atoms with Crippen LogP contribution in [0.3, 0.4) is 0 Å². The lowest BCUT2D eigenvalue weighted by atomic mass is 9.98. The third-order valence-electron chi connectivity index (χ3n) is 3.13. The van der Waals surface area contributed by atoms with Crippen LogP contribution in [0, 0.1) is 11.6 Å². The topological polar surface area (TPSA) is 12.0 Å². The highest BCUT2D eigenvalue weighted by molar-refractivity contribution is 5.41. The summed E-state index contributed by atoms with van der Waals surface area (Å²) in [6.07, 6.45) is 0. The fraction of sp³-hybridized carbons (Fsp3) is 0.143. The number of fused-ring (bicyclic) bond motifs is 1. The first kappa shape index (κ1) is 10.4. The van der Waals surface area contributed by atoms with Crippen LogP contribution in [-0.4, -0.2) is 0 Å². The van der Waals surface area contributed by atoms with Crippen molar-refractivity contribution in [2.75, 3.05) is 0 Å². The molecule has 1 nitrogen and oxygen atoms in total. The van der Waals surface area contributed by atoms with Gasteiger partial charge in [0.2, 0.25) is 0 Å². The van der Waals surface area contributed by atoms with E-state index < -0.39 is 0 Å². The summed E-state index contributed by atoms with van der Waals surface area (Å²) in [5.74, 6) is -0.484. The van der Waals surface area contributed by atoms with Gasteiger partial charge >= 0.3 is 0 Å². The molecule has 0 aromatic heterocycles. The van der Waals surface area contributed by atoms with E-state index in [4.69, 9.17) is 0 Å². The van der Waals surface area contributed by atoms with Crippen molar-refractivity contribution in [1.29, 1.82) is 0 Å². The predicted octanol–water partition coefficient (Wildman–Crippen LogP) is 3.16. The van der Waals surface area contributed by atoms with E-state index in [0.717, 1.165) is 11.1 Å². The van der Waals surface area contributed by atoms with Gasteiger partial charge in [-0.3, -0.25) is 0 Å². The lowest BCUT2D eigenvalue weighted by Gasteiger charge is -2.13. The molecule has 2 aromatic carbocycles. The molecule has 1 heterocycles. The molecule has 0 saturated carbocycles. The molecule has 0 amide bonds. The Bertz CT molecular complexity index is 566. The number of benzene rings is 2. The molecule has 0 aliphatic carbocycles. The van der Waals surface area contributed by atoms with Crippen LogP contribution >= 0.6 is 0 Å². The molecule has 0 bridgehead atoms. The molecule has 1 N–H and O–H groups in total. The maximum Gasteiger partial charge on any atom is 0.128 e. The van der Waals surface area contributed by atoms with Gasteiger partial charge in [0.15, 0.2) is 0 Å². The average Bonchev–Trinajstić information content (AvgIpc) is 2.72. The highest BCUT2D eigenvalue weighted by atomic mass is 19.1. The summed E-state index contributed by atoms with van der Waals surface area (Å²) < 4.78 is 26.8. The van der Waals surface area contributed by atoms with Crippen LogP contribution in [0.25, 0.3) is 0 Å². The molecule has 3 heteroatoms. The average molecular weight is 231 g/mol. The summed E-state index contributed by atoms with van der Waals surface area (Å²) in [5, 5.41) is 3.20. The zero-order chi connectivity index (χ0) is 11.8. The van der Waals surface area contributed by atoms with E-state index in [0.29, 0.717) is 12.1 Å². The normalized spacial score (nSPS) is 18.1. The molecule has 1 atom stereocenters. The van der Waals surface area contributed by atoms with Crippen molar-refractivity contribution in [3.63, 3.8) is 0 Å². The zero-order valence-electron chi connectivity index (χ0n) is 9.08. The lowest BCUT2D eigenvalue weighted by molar-refractivity contribution is 0.573. The first-order valence-electron chi connectivity index (χ1n) is 5.52. The van der Waals surface area contributed by atoms with Crippen molar-refractivity contribution in [3.8, 4) is 0 Å². The standard InChI is InChI=1S/C14H11F2N/c15-10-5-6-11-9(7-10)8-17-14(11)12-3-1-2-4-13(12)16/h1-7,14,17H,8H2. The molecule has 1 aliphatic rings. The number of hydrogen-bond donors (Lipinski definition) is 1. The minimum Gasteiger partial charge on any atom is -0.302 e. The van der Waals surface area contributed by atoms with Crippen molar-refractivity contribution >= 4 is 0 Å². The Hall–Kier alpha value is -1.74. The van der Waals surface area contributed by atoms with Crippen LogP contribution in [0.1, 0.15) is 22.7 Å². The van der Waals surface area contributed by atoms with Gasteiger partial charge in [-0.1, -0.05) is 24.3 Å². The van der Waals surface area contributed by atoms with Crippen LogP contribution in [0.2, 0.25) is 0 Å². The van der Waals surface area contributed by atoms with Gasteiger partial charge < -0.3 is 5.32 Å². The Kier molecular flexibility index (Phi) is 2.41. The fourth-order valence-electron chi connectivity index (χ4n) is 2.32. The third kappa shape index (κ3) is 1.72. The Labute approximate surface area is 98.1 Å². The van der Waals surface area contributed by atoms with Crippen molar-refractivity contribution in [2.24, 2.45) is 0 Å². The molecular formula is C14H11F2N. The SMILES string of the molecule is Fc1ccc2c(c1)CNC2c1ccccc1F. The van der Waals surface area contributed by atoms with E-state index in [1.54, 1.807) is 18.2 Å². The van der Waals surface area contributed by atoms with E-state index in [1.807, 2.05) is 6.07 Å². The summed E-state index contributed by atoms with van der Waals surface area (Å²) >= 11 is 0. The van der Waals surface area contributed by atoms with E-state index >= 15 is 0 Å². The first-order valence-corrected chi connectivity index (χ1v) is 5.52. The second-order valence-corrected chi connectivity index (χ2v) is 4.18. The van der Waals surface area contributed by atoms with Crippen molar-refractivity contribution < 1.29 is 8.78 Å². The molecule has 2 aromatic rings. The van der Waals surface area contributed by atoms with Crippen LogP contribution in [0.5, 0.6) is 0 Å². The van der Waals surface area contributed by atoms with E-state index in [2.05, 4.69) is 5.32 Å². The quantitative estimate of drug-likeness (QED) is 0.795. The molecule has 0 spiro atoms. The third-order valence-corrected chi connectivity index (χ3v) is 3.13. The summed E-state index contributed by atoms with van der Waals surface area (Å²) in [5.41, 5.74) is 2.47. The summed E-state index contributed by atoms with van der Waals surface area (Å²) in [7, 11) is 0. The van der Waals surface area contributed by atoms with Gasteiger partial charge in [-0.2, -0.15) is 0 Å². The van der Waals surface area contributed by atoms with Crippen LogP contribution in [0.15, 0.2) is 42.5 Å². The van der Waals surface area contributed by atoms with E-state index in [-0.39, 0.29) is 17.7 Å². The minimum atomic E-state index is -0.250. The molecule has 1 aliphatic heterocycles. The number of hydrogen-bond acceptors (Lipinski definition) is 1. The Balaban J connectivity index is 2.07. The maximum atomic E-state index is 13.7. The number of halogens is 2. The second kappa shape index (κ2) is 3.93. The molecule has 0 saturated heterocycles. The molecule has 1 unspecified atom stereocenters. The smallest absolute Gasteiger partial charge is 0.128 e. The van der Waals surface area contributed by atoms with E-state index in [1.165, 1.54) is 18.2 Å². The van der Waals surface area contributed by atoms with Crippen molar-refractivity contribution in [3.05, 3.63) is 70.8 Å². The highest BCUT2D eigenvalue weighted by Crippen LogP contribution is 2.32. The molecule has 0 radical (unpaired) electrons. The second-order valence-electron chi connectivity index (χ2n) is 4.18. The summed E-state index contributed by atoms with van der Waals surface area (Å²) in [4.78, 5) is 0. The number of rotatable bonds is 1. The predicted molar refractivity (Wildman–Crippen MR) is 61.5 cm³/mol. The lowest BCUT2D eigenvalue weighted by Crippen LogP contribution is -2.14. The monoisotopic (exact) mass is 231 g/mol. The zero-order valence-corrected chi connectivity index (χ0v) is 9.08. The van der Waals surface area contributed by atoms with Gasteiger partial charge in [0, 0.05) is 12.1 Å². The van der Waals surface area contributed by atoms with Gasteiger partial charge in [0.1, 0.15) is 11.6 Å². The highest BCUT2D eigenvalue weighted by Gasteiger charge is 2.25. The van der Waals surface area contributed by atoms with Crippen molar-refractivity contribution in [1.82, 2.24) is 5.32 Å². The Morgan fingerprint density at radius 3 is 2.65 bits per heavy atom. The van der Waals surface area contributed by atoms with Crippen LogP contribution in [-0.2, 0) is 6.54 Å². The Morgan fingerprint density at radius 2 is 1.82 bits per heavy atom. The van der Waals surface area contributed by atoms with Crippen LogP contribution < -0.4 is 5.32 Å². The maximum absolute atomic E-state index is 13.7. The number of nitrogens with one attached hydrogen (secondary N) is 1. The van der Waals surface area contributed by atoms with Gasteiger partial charge in [0.05, 0.1) is 6.04 Å².